The van der Waals surface area contributed by atoms with Crippen LogP contribution >= 0.6 is 0 Å². The topological polar surface area (TPSA) is 58.0 Å². The zero-order valence-electron chi connectivity index (χ0n) is 24.3. The van der Waals surface area contributed by atoms with Crippen LogP contribution in [0.25, 0.3) is 10.9 Å². The van der Waals surface area contributed by atoms with Crippen LogP contribution < -0.4 is 9.64 Å². The quantitative estimate of drug-likeness (QED) is 0.198. The van der Waals surface area contributed by atoms with E-state index in [2.05, 4.69) is 48.9 Å². The van der Waals surface area contributed by atoms with Gasteiger partial charge in [-0.25, -0.2) is 4.98 Å². The number of amidine groups is 1. The van der Waals surface area contributed by atoms with Gasteiger partial charge >= 0.3 is 0 Å². The van der Waals surface area contributed by atoms with Crippen LogP contribution in [0, 0.1) is 26.8 Å². The second-order valence-corrected chi connectivity index (χ2v) is 10.2. The summed E-state index contributed by atoms with van der Waals surface area (Å²) in [5.74, 6) is 1.53. The molecule has 0 spiro atoms. The summed E-state index contributed by atoms with van der Waals surface area (Å²) in [5, 5.41) is 11.1. The van der Waals surface area contributed by atoms with Gasteiger partial charge in [0.25, 0.3) is 0 Å². The number of phenols is 1. The second-order valence-electron chi connectivity index (χ2n) is 10.2. The normalized spacial score (nSPS) is 19.3. The van der Waals surface area contributed by atoms with Crippen molar-refractivity contribution in [1.82, 2.24) is 4.98 Å². The fourth-order valence-corrected chi connectivity index (χ4v) is 5.88. The number of para-hydroxylation sites is 1. The van der Waals surface area contributed by atoms with E-state index >= 15 is 0 Å². The Morgan fingerprint density at radius 2 is 1.73 bits per heavy atom. The van der Waals surface area contributed by atoms with Crippen LogP contribution in [0.4, 0.5) is 5.69 Å². The van der Waals surface area contributed by atoms with Gasteiger partial charge in [0.1, 0.15) is 11.3 Å². The minimum absolute atomic E-state index is 0. The Hall–Kier alpha value is -3.95. The number of fused-ring (bicyclic) bond motifs is 4. The Bertz CT molecular complexity index is 1870. The molecule has 7 rings (SSSR count). The molecular formula is C34H28N3O2Pt-. The zero-order valence-corrected chi connectivity index (χ0v) is 24.5. The van der Waals surface area contributed by atoms with Crippen LogP contribution in [-0.2, 0) is 27.4 Å². The minimum Gasteiger partial charge on any atom is -0.506 e. The van der Waals surface area contributed by atoms with Crippen molar-refractivity contribution in [3.05, 3.63) is 124 Å². The molecule has 2 atom stereocenters. The third-order valence-electron chi connectivity index (χ3n) is 7.42. The van der Waals surface area contributed by atoms with E-state index in [0.29, 0.717) is 34.1 Å². The first-order chi connectivity index (χ1) is 19.7. The molecule has 6 heteroatoms. The SMILES string of the molecule is [2H]C1([2H])c2ccccc2[C@@H]2N=C(c3[c-]c(Oc4ccc5cccc(O)c5n4)ccc3)N(c3c(C)cc(C)cc3C)[C@H]21.[Pt]. The van der Waals surface area contributed by atoms with Crippen molar-refractivity contribution in [2.45, 2.75) is 39.2 Å². The van der Waals surface area contributed by atoms with Crippen molar-refractivity contribution in [3.8, 4) is 17.4 Å². The number of rotatable bonds is 4. The van der Waals surface area contributed by atoms with Crippen molar-refractivity contribution < 1.29 is 33.7 Å². The largest absolute Gasteiger partial charge is 0.506 e. The van der Waals surface area contributed by atoms with E-state index in [4.69, 9.17) is 9.73 Å². The molecule has 5 aromatic rings. The molecule has 0 saturated heterocycles. The molecule has 0 bridgehead atoms. The van der Waals surface area contributed by atoms with E-state index in [1.807, 2.05) is 48.5 Å². The van der Waals surface area contributed by atoms with Gasteiger partial charge in [-0.3, -0.25) is 0 Å². The molecule has 0 unspecified atom stereocenters. The molecule has 1 aromatic heterocycles. The van der Waals surface area contributed by atoms with Crippen LogP contribution in [0.5, 0.6) is 17.4 Å². The first kappa shape index (κ1) is 23.9. The predicted molar refractivity (Wildman–Crippen MR) is 155 cm³/mol. The molecule has 2 aliphatic rings. The molecule has 5 nitrogen and oxygen atoms in total. The number of aromatic hydroxyl groups is 1. The van der Waals surface area contributed by atoms with Crippen molar-refractivity contribution in [1.29, 1.82) is 0 Å². The number of hydrogen-bond donors (Lipinski definition) is 1. The number of nitrogens with zero attached hydrogens (tertiary/aromatic N) is 3. The van der Waals surface area contributed by atoms with Gasteiger partial charge in [-0.1, -0.05) is 60.2 Å². The molecule has 202 valence electrons. The van der Waals surface area contributed by atoms with E-state index < -0.39 is 12.4 Å². The van der Waals surface area contributed by atoms with Crippen LogP contribution in [0.1, 0.15) is 42.2 Å². The number of aliphatic imine (C=N–C) groups is 1. The molecule has 40 heavy (non-hydrogen) atoms. The van der Waals surface area contributed by atoms with Gasteiger partial charge in [-0.15, -0.1) is 23.8 Å². The number of hydrogen-bond acceptors (Lipinski definition) is 5. The monoisotopic (exact) mass is 707 g/mol. The van der Waals surface area contributed by atoms with Gasteiger partial charge < -0.3 is 19.7 Å². The van der Waals surface area contributed by atoms with Gasteiger partial charge in [0, 0.05) is 46.7 Å². The first-order valence-corrected chi connectivity index (χ1v) is 13.1. The summed E-state index contributed by atoms with van der Waals surface area (Å²) in [7, 11) is 0. The molecule has 1 aliphatic carbocycles. The molecule has 1 aliphatic heterocycles. The summed E-state index contributed by atoms with van der Waals surface area (Å²) < 4.78 is 24.7. The number of aryl methyl sites for hydroxylation is 3. The Kier molecular flexibility index (Phi) is 6.11. The van der Waals surface area contributed by atoms with Gasteiger partial charge in [-0.2, -0.15) is 0 Å². The summed E-state index contributed by atoms with van der Waals surface area (Å²) in [4.78, 5) is 11.8. The standard InChI is InChI=1S/C34H28N3O2.Pt/c1-20-16-21(2)33(22(3)17-20)37-28-19-24-8-4-5-12-27(24)32(28)36-34(37)25-10-6-11-26(18-25)39-30-15-14-23-9-7-13-29(38)31(23)35-30;/h4-17,28,32,38H,19H2,1-3H3;/q-1;/t28-,32-;/m0./s1/i19D2;. The average molecular weight is 708 g/mol. The van der Waals surface area contributed by atoms with Crippen molar-refractivity contribution >= 4 is 22.4 Å². The summed E-state index contributed by atoms with van der Waals surface area (Å²) in [6.07, 6.45) is -1.62. The van der Waals surface area contributed by atoms with Crippen LogP contribution in [0.2, 0.25) is 0 Å². The molecule has 1 N–H and O–H groups in total. The van der Waals surface area contributed by atoms with Gasteiger partial charge in [0.05, 0.1) is 17.9 Å². The minimum atomic E-state index is -1.62. The number of benzene rings is 4. The Morgan fingerprint density at radius 3 is 2.55 bits per heavy atom. The average Bonchev–Trinajstić information content (AvgIpc) is 3.43. The van der Waals surface area contributed by atoms with Crippen molar-refractivity contribution in [2.24, 2.45) is 4.99 Å². The molecule has 0 radical (unpaired) electrons. The number of aromatic nitrogens is 1. The fourth-order valence-electron chi connectivity index (χ4n) is 5.88. The molecule has 0 fully saturated rings. The van der Waals surface area contributed by atoms with E-state index in [9.17, 15) is 7.85 Å². The van der Waals surface area contributed by atoms with Crippen LogP contribution in [-0.4, -0.2) is 22.0 Å². The Balaban J connectivity index is 0.00000316. The number of pyridine rings is 1. The first-order valence-electron chi connectivity index (χ1n) is 14.1. The van der Waals surface area contributed by atoms with E-state index in [1.165, 1.54) is 0 Å². The third-order valence-corrected chi connectivity index (χ3v) is 7.42. The molecule has 0 saturated carbocycles. The number of ether oxygens (including phenoxy) is 1. The number of phenolic OH excluding ortho intramolecular Hbond substituents is 1. The van der Waals surface area contributed by atoms with Gasteiger partial charge in [-0.05, 0) is 61.5 Å². The van der Waals surface area contributed by atoms with Crippen LogP contribution in [0.15, 0.2) is 89.9 Å². The number of anilines is 1. The van der Waals surface area contributed by atoms with Crippen molar-refractivity contribution in [3.63, 3.8) is 0 Å². The van der Waals surface area contributed by atoms with Gasteiger partial charge in [0.2, 0.25) is 5.88 Å². The maximum Gasteiger partial charge on any atom is 0.217 e. The fraction of sp³-hybridized carbons (Fsp3) is 0.176. The van der Waals surface area contributed by atoms with Crippen molar-refractivity contribution in [2.75, 3.05) is 4.90 Å². The molecule has 4 aromatic carbocycles. The Labute approximate surface area is 251 Å². The predicted octanol–water partition coefficient (Wildman–Crippen LogP) is 7.39. The molecule has 2 heterocycles. The van der Waals surface area contributed by atoms with E-state index in [1.54, 1.807) is 24.3 Å². The molecular weight excluding hydrogens is 677 g/mol. The third kappa shape index (κ3) is 4.39. The summed E-state index contributed by atoms with van der Waals surface area (Å²) in [6.45, 7) is 6.22. The summed E-state index contributed by atoms with van der Waals surface area (Å²) in [5.41, 5.74) is 7.02. The Morgan fingerprint density at radius 1 is 0.950 bits per heavy atom. The van der Waals surface area contributed by atoms with E-state index in [-0.39, 0.29) is 32.9 Å². The van der Waals surface area contributed by atoms with Crippen LogP contribution in [0.3, 0.4) is 0 Å². The maximum absolute atomic E-state index is 10.3. The summed E-state index contributed by atoms with van der Waals surface area (Å²) >= 11 is 0. The maximum atomic E-state index is 10.3. The second kappa shape index (κ2) is 10.2. The smallest absolute Gasteiger partial charge is 0.217 e. The van der Waals surface area contributed by atoms with Gasteiger partial charge in [0.15, 0.2) is 0 Å². The summed E-state index contributed by atoms with van der Waals surface area (Å²) in [6, 6.07) is 28.9. The zero-order chi connectivity index (χ0) is 28.5. The van der Waals surface area contributed by atoms with E-state index in [0.717, 1.165) is 33.3 Å². The molecule has 0 amide bonds.